The topological polar surface area (TPSA) is 21.3 Å². The predicted octanol–water partition coefficient (Wildman–Crippen LogP) is 5.80. The summed E-state index contributed by atoms with van der Waals surface area (Å²) < 4.78 is 7.21. The highest BCUT2D eigenvalue weighted by molar-refractivity contribution is 9.11. The summed E-state index contributed by atoms with van der Waals surface area (Å²) in [6.45, 7) is 2.89. The molecule has 2 aromatic carbocycles. The molecule has 1 N–H and O–H groups in total. The van der Waals surface area contributed by atoms with Crippen molar-refractivity contribution in [1.82, 2.24) is 0 Å². The van der Waals surface area contributed by atoms with Crippen LogP contribution in [0, 0.1) is 19.3 Å². The van der Waals surface area contributed by atoms with E-state index >= 15 is 0 Å². The average Bonchev–Trinajstić information content (AvgIpc) is 2.48. The monoisotopic (exact) mass is 441 g/mol. The summed E-state index contributed by atoms with van der Waals surface area (Å²) in [5, 5.41) is 4.10. The van der Waals surface area contributed by atoms with Gasteiger partial charge in [-0.3, -0.25) is 0 Å². The van der Waals surface area contributed by atoms with E-state index < -0.39 is 0 Å². The summed E-state index contributed by atoms with van der Waals surface area (Å²) in [6.07, 6.45) is 5.21. The molecule has 0 radical (unpaired) electrons. The third kappa shape index (κ3) is 4.42. The summed E-state index contributed by atoms with van der Waals surface area (Å²) in [5.41, 5.74) is 3.15. The lowest BCUT2D eigenvalue weighted by atomic mass is 10.2. The number of ether oxygens (including phenoxy) is 1. The molecule has 0 fully saturated rings. The summed E-state index contributed by atoms with van der Waals surface area (Å²) in [5.74, 6) is 3.16. The molecule has 0 unspecified atom stereocenters. The van der Waals surface area contributed by atoms with Gasteiger partial charge in [-0.15, -0.1) is 6.42 Å². The molecule has 0 saturated carbocycles. The lowest BCUT2D eigenvalue weighted by Crippen LogP contribution is -2.01. The van der Waals surface area contributed by atoms with Gasteiger partial charge in [0.05, 0.1) is 8.95 Å². The Morgan fingerprint density at radius 3 is 2.50 bits per heavy atom. The molecule has 0 saturated heterocycles. The first-order chi connectivity index (χ1) is 10.5. The number of rotatable bonds is 5. The van der Waals surface area contributed by atoms with Gasteiger partial charge in [0.15, 0.2) is 0 Å². The number of hydrogen-bond acceptors (Lipinski definition) is 2. The standard InChI is InChI=1S/C17H14Br2ClNO/c1-3-6-22-17-14(18)7-12(8-15(17)19)10-21-13-5-4-11(2)16(20)9-13/h1,4-5,7-9,21H,6,10H2,2H3. The Bertz CT molecular complexity index is 702. The molecule has 0 aromatic heterocycles. The Hall–Kier alpha value is -1.15. The van der Waals surface area contributed by atoms with Gasteiger partial charge < -0.3 is 10.1 Å². The van der Waals surface area contributed by atoms with Crippen molar-refractivity contribution >= 4 is 49.1 Å². The maximum atomic E-state index is 6.13. The first-order valence-electron chi connectivity index (χ1n) is 6.55. The van der Waals surface area contributed by atoms with Crippen LogP contribution in [0.25, 0.3) is 0 Å². The maximum absolute atomic E-state index is 6.13. The second kappa shape index (κ2) is 7.92. The van der Waals surface area contributed by atoms with Crippen molar-refractivity contribution in [1.29, 1.82) is 0 Å². The lowest BCUT2D eigenvalue weighted by molar-refractivity contribution is 0.365. The molecule has 0 aliphatic rings. The van der Waals surface area contributed by atoms with Crippen molar-refractivity contribution in [2.75, 3.05) is 11.9 Å². The summed E-state index contributed by atoms with van der Waals surface area (Å²) in [7, 11) is 0. The zero-order valence-corrected chi connectivity index (χ0v) is 15.8. The summed E-state index contributed by atoms with van der Waals surface area (Å²) in [4.78, 5) is 0. The predicted molar refractivity (Wildman–Crippen MR) is 99.7 cm³/mol. The van der Waals surface area contributed by atoms with Gasteiger partial charge in [-0.05, 0) is 74.2 Å². The van der Waals surface area contributed by atoms with Crippen molar-refractivity contribution in [3.05, 3.63) is 55.4 Å². The number of aryl methyl sites for hydroxylation is 1. The molecule has 22 heavy (non-hydrogen) atoms. The molecule has 5 heteroatoms. The normalized spacial score (nSPS) is 10.1. The van der Waals surface area contributed by atoms with E-state index in [0.717, 1.165) is 30.8 Å². The van der Waals surface area contributed by atoms with Crippen molar-refractivity contribution in [3.8, 4) is 18.1 Å². The summed E-state index contributed by atoms with van der Waals surface area (Å²) in [6, 6.07) is 9.92. The van der Waals surface area contributed by atoms with Crippen LogP contribution in [-0.4, -0.2) is 6.61 Å². The van der Waals surface area contributed by atoms with Crippen LogP contribution in [0.5, 0.6) is 5.75 Å². The quantitative estimate of drug-likeness (QED) is 0.590. The number of anilines is 1. The van der Waals surface area contributed by atoms with Crippen LogP contribution in [0.2, 0.25) is 5.02 Å². The molecule has 0 heterocycles. The fourth-order valence-corrected chi connectivity index (χ4v) is 3.56. The van der Waals surface area contributed by atoms with E-state index in [9.17, 15) is 0 Å². The van der Waals surface area contributed by atoms with Gasteiger partial charge in [0, 0.05) is 17.3 Å². The Balaban J connectivity index is 2.10. The fraction of sp³-hybridized carbons (Fsp3) is 0.176. The zero-order valence-electron chi connectivity index (χ0n) is 11.9. The van der Waals surface area contributed by atoms with Crippen molar-refractivity contribution in [2.24, 2.45) is 0 Å². The number of halogens is 3. The lowest BCUT2D eigenvalue weighted by Gasteiger charge is -2.12. The Morgan fingerprint density at radius 1 is 1.23 bits per heavy atom. The molecule has 2 nitrogen and oxygen atoms in total. The minimum atomic E-state index is 0.233. The highest BCUT2D eigenvalue weighted by Gasteiger charge is 2.09. The maximum Gasteiger partial charge on any atom is 0.149 e. The number of terminal acetylenes is 1. The zero-order chi connectivity index (χ0) is 16.1. The van der Waals surface area contributed by atoms with Gasteiger partial charge in [0.25, 0.3) is 0 Å². The second-order valence-electron chi connectivity index (χ2n) is 4.70. The van der Waals surface area contributed by atoms with Crippen molar-refractivity contribution < 1.29 is 4.74 Å². The van der Waals surface area contributed by atoms with E-state index in [-0.39, 0.29) is 6.61 Å². The molecule has 0 bridgehead atoms. The van der Waals surface area contributed by atoms with Crippen LogP contribution in [0.15, 0.2) is 39.3 Å². The minimum absolute atomic E-state index is 0.233. The van der Waals surface area contributed by atoms with Gasteiger partial charge in [-0.2, -0.15) is 0 Å². The van der Waals surface area contributed by atoms with Gasteiger partial charge in [-0.1, -0.05) is 23.6 Å². The van der Waals surface area contributed by atoms with Crippen molar-refractivity contribution in [3.63, 3.8) is 0 Å². The second-order valence-corrected chi connectivity index (χ2v) is 6.81. The Morgan fingerprint density at radius 2 is 1.91 bits per heavy atom. The van der Waals surface area contributed by atoms with E-state index in [1.165, 1.54) is 0 Å². The molecule has 0 amide bonds. The van der Waals surface area contributed by atoms with Crippen LogP contribution < -0.4 is 10.1 Å². The van der Waals surface area contributed by atoms with Crippen molar-refractivity contribution in [2.45, 2.75) is 13.5 Å². The third-order valence-corrected chi connectivity index (χ3v) is 4.61. The van der Waals surface area contributed by atoms with Crippen LogP contribution >= 0.6 is 43.5 Å². The van der Waals surface area contributed by atoms with E-state index in [2.05, 4.69) is 43.1 Å². The average molecular weight is 444 g/mol. The molecular formula is C17H14Br2ClNO. The number of benzene rings is 2. The minimum Gasteiger partial charge on any atom is -0.479 e. The van der Waals surface area contributed by atoms with Crippen LogP contribution in [0.3, 0.4) is 0 Å². The molecule has 0 aliphatic carbocycles. The molecule has 0 spiro atoms. The first kappa shape index (κ1) is 17.2. The van der Waals surface area contributed by atoms with E-state index in [1.807, 2.05) is 37.3 Å². The van der Waals surface area contributed by atoms with E-state index in [0.29, 0.717) is 12.3 Å². The van der Waals surface area contributed by atoms with Crippen LogP contribution in [0.1, 0.15) is 11.1 Å². The van der Waals surface area contributed by atoms with Crippen LogP contribution in [0.4, 0.5) is 5.69 Å². The molecule has 0 aliphatic heterocycles. The molecular weight excluding hydrogens is 429 g/mol. The highest BCUT2D eigenvalue weighted by atomic mass is 79.9. The summed E-state index contributed by atoms with van der Waals surface area (Å²) >= 11 is 13.1. The van der Waals surface area contributed by atoms with Gasteiger partial charge in [0.2, 0.25) is 0 Å². The molecule has 2 aromatic rings. The largest absolute Gasteiger partial charge is 0.479 e. The highest BCUT2D eigenvalue weighted by Crippen LogP contribution is 2.35. The van der Waals surface area contributed by atoms with E-state index in [4.69, 9.17) is 22.8 Å². The molecule has 0 atom stereocenters. The smallest absolute Gasteiger partial charge is 0.149 e. The third-order valence-electron chi connectivity index (χ3n) is 3.03. The van der Waals surface area contributed by atoms with Crippen LogP contribution in [-0.2, 0) is 6.54 Å². The van der Waals surface area contributed by atoms with Gasteiger partial charge in [-0.25, -0.2) is 0 Å². The molecule has 114 valence electrons. The van der Waals surface area contributed by atoms with Gasteiger partial charge >= 0.3 is 0 Å². The SMILES string of the molecule is C#CCOc1c(Br)cc(CNc2ccc(C)c(Cl)c2)cc1Br. The van der Waals surface area contributed by atoms with E-state index in [1.54, 1.807) is 0 Å². The number of hydrogen-bond donors (Lipinski definition) is 1. The Kier molecular flexibility index (Phi) is 6.19. The fourth-order valence-electron chi connectivity index (χ4n) is 1.87. The first-order valence-corrected chi connectivity index (χ1v) is 8.52. The van der Waals surface area contributed by atoms with Gasteiger partial charge in [0.1, 0.15) is 12.4 Å². The Labute approximate surface area is 152 Å². The molecule has 2 rings (SSSR count). The number of nitrogens with one attached hydrogen (secondary N) is 1.